The summed E-state index contributed by atoms with van der Waals surface area (Å²) in [6.07, 6.45) is 0. The van der Waals surface area contributed by atoms with Crippen molar-refractivity contribution in [2.75, 3.05) is 12.4 Å². The summed E-state index contributed by atoms with van der Waals surface area (Å²) in [6.45, 7) is 0.356. The Balaban J connectivity index is 1.51. The van der Waals surface area contributed by atoms with E-state index in [4.69, 9.17) is 9.15 Å². The van der Waals surface area contributed by atoms with E-state index in [1.54, 1.807) is 18.2 Å². The van der Waals surface area contributed by atoms with Crippen molar-refractivity contribution in [1.29, 1.82) is 0 Å². The van der Waals surface area contributed by atoms with E-state index in [0.717, 1.165) is 5.56 Å². The number of rotatable bonds is 6. The topological polar surface area (TPSA) is 48.2 Å². The standard InChI is InChI=1S/C16H13FN2O2S/c17-13-8-4-5-9-14(13)20-10-11-22-16-19-18-15(21-16)12-6-2-1-3-7-12/h1-9H,10-11H2. The number of benzene rings is 2. The van der Waals surface area contributed by atoms with Crippen molar-refractivity contribution < 1.29 is 13.5 Å². The van der Waals surface area contributed by atoms with E-state index in [1.165, 1.54) is 17.8 Å². The molecule has 6 heteroatoms. The molecule has 0 aliphatic rings. The average Bonchev–Trinajstić information content (AvgIpc) is 3.03. The lowest BCUT2D eigenvalue weighted by atomic mass is 10.2. The van der Waals surface area contributed by atoms with Crippen molar-refractivity contribution >= 4 is 11.8 Å². The third-order valence-electron chi connectivity index (χ3n) is 2.83. The number of ether oxygens (including phenoxy) is 1. The maximum Gasteiger partial charge on any atom is 0.276 e. The van der Waals surface area contributed by atoms with Crippen LogP contribution in [0.4, 0.5) is 4.39 Å². The summed E-state index contributed by atoms with van der Waals surface area (Å²) >= 11 is 1.37. The Hall–Kier alpha value is -2.34. The highest BCUT2D eigenvalue weighted by Crippen LogP contribution is 2.23. The molecule has 0 saturated carbocycles. The summed E-state index contributed by atoms with van der Waals surface area (Å²) in [4.78, 5) is 0. The summed E-state index contributed by atoms with van der Waals surface area (Å²) in [5.41, 5.74) is 0.879. The third-order valence-corrected chi connectivity index (χ3v) is 3.61. The lowest BCUT2D eigenvalue weighted by Gasteiger charge is -2.05. The van der Waals surface area contributed by atoms with Crippen LogP contribution in [0.1, 0.15) is 0 Å². The summed E-state index contributed by atoms with van der Waals surface area (Å²) in [5.74, 6) is 0.957. The van der Waals surface area contributed by atoms with Crippen LogP contribution in [0.15, 0.2) is 64.2 Å². The molecular formula is C16H13FN2O2S. The number of hydrogen-bond donors (Lipinski definition) is 0. The first kappa shape index (κ1) is 14.6. The third kappa shape index (κ3) is 3.65. The van der Waals surface area contributed by atoms with Gasteiger partial charge in [0.2, 0.25) is 5.89 Å². The second-order valence-corrected chi connectivity index (χ2v) is 5.41. The number of hydrogen-bond acceptors (Lipinski definition) is 5. The molecule has 22 heavy (non-hydrogen) atoms. The molecule has 0 radical (unpaired) electrons. The molecule has 3 rings (SSSR count). The summed E-state index contributed by atoms with van der Waals surface area (Å²) in [7, 11) is 0. The van der Waals surface area contributed by atoms with Gasteiger partial charge in [-0.1, -0.05) is 42.1 Å². The van der Waals surface area contributed by atoms with Gasteiger partial charge in [0.25, 0.3) is 5.22 Å². The predicted octanol–water partition coefficient (Wildman–Crippen LogP) is 4.05. The zero-order valence-corrected chi connectivity index (χ0v) is 12.4. The van der Waals surface area contributed by atoms with Crippen LogP contribution in [0.25, 0.3) is 11.5 Å². The average molecular weight is 316 g/mol. The van der Waals surface area contributed by atoms with Gasteiger partial charge >= 0.3 is 0 Å². The van der Waals surface area contributed by atoms with Crippen molar-refractivity contribution in [3.63, 3.8) is 0 Å². The van der Waals surface area contributed by atoms with Crippen molar-refractivity contribution in [3.05, 3.63) is 60.4 Å². The van der Waals surface area contributed by atoms with E-state index in [9.17, 15) is 4.39 Å². The van der Waals surface area contributed by atoms with Crippen LogP contribution in [0.2, 0.25) is 0 Å². The SMILES string of the molecule is Fc1ccccc1OCCSc1nnc(-c2ccccc2)o1. The predicted molar refractivity (Wildman–Crippen MR) is 82.4 cm³/mol. The summed E-state index contributed by atoms with van der Waals surface area (Å²) in [6, 6.07) is 15.9. The van der Waals surface area contributed by atoms with E-state index in [2.05, 4.69) is 10.2 Å². The van der Waals surface area contributed by atoms with E-state index < -0.39 is 0 Å². The van der Waals surface area contributed by atoms with Crippen molar-refractivity contribution in [2.45, 2.75) is 5.22 Å². The smallest absolute Gasteiger partial charge is 0.276 e. The van der Waals surface area contributed by atoms with Crippen LogP contribution < -0.4 is 4.74 Å². The summed E-state index contributed by atoms with van der Waals surface area (Å²) in [5, 5.41) is 8.44. The molecule has 1 aromatic heterocycles. The Morgan fingerprint density at radius 1 is 1.00 bits per heavy atom. The molecule has 0 amide bonds. The maximum absolute atomic E-state index is 13.4. The van der Waals surface area contributed by atoms with E-state index in [1.807, 2.05) is 30.3 Å². The van der Waals surface area contributed by atoms with E-state index in [0.29, 0.717) is 23.5 Å². The number of nitrogens with zero attached hydrogens (tertiary/aromatic N) is 2. The van der Waals surface area contributed by atoms with Gasteiger partial charge in [-0.3, -0.25) is 0 Å². The fourth-order valence-corrected chi connectivity index (χ4v) is 2.39. The molecule has 0 aliphatic heterocycles. The Morgan fingerprint density at radius 3 is 2.59 bits per heavy atom. The van der Waals surface area contributed by atoms with Gasteiger partial charge in [-0.15, -0.1) is 10.2 Å². The Bertz CT molecular complexity index is 734. The fraction of sp³-hybridized carbons (Fsp3) is 0.125. The zero-order valence-electron chi connectivity index (χ0n) is 11.6. The number of aromatic nitrogens is 2. The first-order chi connectivity index (χ1) is 10.8. The molecule has 0 spiro atoms. The largest absolute Gasteiger partial charge is 0.490 e. The lowest BCUT2D eigenvalue weighted by molar-refractivity contribution is 0.324. The molecule has 0 saturated heterocycles. The monoisotopic (exact) mass is 316 g/mol. The van der Waals surface area contributed by atoms with Crippen LogP contribution in [0.5, 0.6) is 5.75 Å². The minimum atomic E-state index is -0.364. The minimum absolute atomic E-state index is 0.249. The Morgan fingerprint density at radius 2 is 1.77 bits per heavy atom. The second-order valence-electron chi connectivity index (χ2n) is 4.37. The molecule has 0 fully saturated rings. The highest BCUT2D eigenvalue weighted by Gasteiger charge is 2.08. The molecule has 0 unspecified atom stereocenters. The van der Waals surface area contributed by atoms with Crippen LogP contribution in [-0.4, -0.2) is 22.6 Å². The lowest BCUT2D eigenvalue weighted by Crippen LogP contribution is -2.01. The first-order valence-electron chi connectivity index (χ1n) is 6.72. The number of thioether (sulfide) groups is 1. The van der Waals surface area contributed by atoms with Gasteiger partial charge < -0.3 is 9.15 Å². The number of para-hydroxylation sites is 1. The van der Waals surface area contributed by atoms with Gasteiger partial charge in [0.15, 0.2) is 11.6 Å². The van der Waals surface area contributed by atoms with Gasteiger partial charge in [0, 0.05) is 11.3 Å². The molecule has 2 aromatic carbocycles. The van der Waals surface area contributed by atoms with E-state index in [-0.39, 0.29) is 11.6 Å². The van der Waals surface area contributed by atoms with Crippen LogP contribution in [-0.2, 0) is 0 Å². The number of halogens is 1. The fourth-order valence-electron chi connectivity index (χ4n) is 1.81. The zero-order chi connectivity index (χ0) is 15.2. The van der Waals surface area contributed by atoms with Gasteiger partial charge in [-0.05, 0) is 24.3 Å². The van der Waals surface area contributed by atoms with Crippen LogP contribution >= 0.6 is 11.8 Å². The molecule has 0 bridgehead atoms. The van der Waals surface area contributed by atoms with Crippen LogP contribution in [0, 0.1) is 5.82 Å². The Kier molecular flexibility index (Phi) is 4.70. The molecule has 3 aromatic rings. The van der Waals surface area contributed by atoms with Gasteiger partial charge in [-0.2, -0.15) is 0 Å². The highest BCUT2D eigenvalue weighted by atomic mass is 32.2. The molecule has 0 N–H and O–H groups in total. The molecule has 112 valence electrons. The van der Waals surface area contributed by atoms with Crippen molar-refractivity contribution in [2.24, 2.45) is 0 Å². The highest BCUT2D eigenvalue weighted by molar-refractivity contribution is 7.99. The van der Waals surface area contributed by atoms with Gasteiger partial charge in [-0.25, -0.2) is 4.39 Å². The molecule has 4 nitrogen and oxygen atoms in total. The van der Waals surface area contributed by atoms with Gasteiger partial charge in [0.05, 0.1) is 6.61 Å². The normalized spacial score (nSPS) is 10.6. The van der Waals surface area contributed by atoms with Crippen molar-refractivity contribution in [3.8, 4) is 17.2 Å². The molecule has 1 heterocycles. The second kappa shape index (κ2) is 7.09. The molecule has 0 aliphatic carbocycles. The molecular weight excluding hydrogens is 303 g/mol. The van der Waals surface area contributed by atoms with Crippen LogP contribution in [0.3, 0.4) is 0 Å². The van der Waals surface area contributed by atoms with E-state index >= 15 is 0 Å². The quantitative estimate of drug-likeness (QED) is 0.507. The first-order valence-corrected chi connectivity index (χ1v) is 7.70. The van der Waals surface area contributed by atoms with Crippen molar-refractivity contribution in [1.82, 2.24) is 10.2 Å². The minimum Gasteiger partial charge on any atom is -0.490 e. The maximum atomic E-state index is 13.4. The molecule has 0 atom stereocenters. The Labute approximate surface area is 131 Å². The summed E-state index contributed by atoms with van der Waals surface area (Å²) < 4.78 is 24.3. The van der Waals surface area contributed by atoms with Gasteiger partial charge in [0.1, 0.15) is 0 Å².